The fourth-order valence-electron chi connectivity index (χ4n) is 2.30. The largest absolute Gasteiger partial charge is 0.335 e. The van der Waals surface area contributed by atoms with Gasteiger partial charge in [0.25, 0.3) is 0 Å². The monoisotopic (exact) mass is 255 g/mol. The lowest BCUT2D eigenvalue weighted by Crippen LogP contribution is -2.48. The average molecular weight is 255 g/mol. The second-order valence-electron chi connectivity index (χ2n) is 5.63. The molecule has 0 aliphatic rings. The lowest BCUT2D eigenvalue weighted by molar-refractivity contribution is -0.143. The lowest BCUT2D eigenvalue weighted by Gasteiger charge is -2.33. The van der Waals surface area contributed by atoms with Crippen LogP contribution in [-0.4, -0.2) is 29.7 Å². The summed E-state index contributed by atoms with van der Waals surface area (Å²) in [7, 11) is 1.76. The van der Waals surface area contributed by atoms with E-state index in [4.69, 9.17) is 0 Å². The predicted octanol–water partition coefficient (Wildman–Crippen LogP) is 3.13. The molecule has 0 unspecified atom stereocenters. The third-order valence-electron chi connectivity index (χ3n) is 3.96. The van der Waals surface area contributed by atoms with Gasteiger partial charge >= 0.3 is 0 Å². The van der Waals surface area contributed by atoms with Crippen LogP contribution in [0.3, 0.4) is 0 Å². The van der Waals surface area contributed by atoms with E-state index < -0.39 is 0 Å². The van der Waals surface area contributed by atoms with E-state index >= 15 is 0 Å². The number of hydrogen-bond acceptors (Lipinski definition) is 2. The summed E-state index contributed by atoms with van der Waals surface area (Å²) in [5, 5.41) is 0. The van der Waals surface area contributed by atoms with Crippen LogP contribution >= 0.6 is 0 Å². The molecule has 1 amide bonds. The van der Waals surface area contributed by atoms with Crippen molar-refractivity contribution in [1.82, 2.24) is 4.90 Å². The van der Waals surface area contributed by atoms with Gasteiger partial charge in [-0.25, -0.2) is 0 Å². The molecule has 0 saturated heterocycles. The zero-order valence-electron chi connectivity index (χ0n) is 13.0. The zero-order valence-corrected chi connectivity index (χ0v) is 13.0. The molecular formula is C15H29NO2. The standard InChI is InChI=1S/C15H29NO2/c1-8-11(5)12(6)15(18)16(7)14(10(3)4)13(17)9-2/h10-12,14H,8-9H2,1-7H3/t11-,12-,14-/m0/s1. The molecule has 0 N–H and O–H groups in total. The number of Topliss-reactive ketones (excluding diaryl/α,β-unsaturated/α-hetero) is 1. The highest BCUT2D eigenvalue weighted by molar-refractivity contribution is 5.89. The first-order chi connectivity index (χ1) is 8.27. The number of carbonyl (C=O) groups is 2. The molecule has 3 atom stereocenters. The molecule has 0 bridgehead atoms. The summed E-state index contributed by atoms with van der Waals surface area (Å²) >= 11 is 0. The lowest BCUT2D eigenvalue weighted by atomic mass is 9.90. The summed E-state index contributed by atoms with van der Waals surface area (Å²) in [6.45, 7) is 12.0. The highest BCUT2D eigenvalue weighted by Crippen LogP contribution is 2.20. The van der Waals surface area contributed by atoms with Crippen LogP contribution in [0.1, 0.15) is 54.4 Å². The van der Waals surface area contributed by atoms with E-state index in [0.29, 0.717) is 12.3 Å². The van der Waals surface area contributed by atoms with Gasteiger partial charge in [-0.15, -0.1) is 0 Å². The molecule has 0 radical (unpaired) electrons. The molecular weight excluding hydrogens is 226 g/mol. The SMILES string of the molecule is CCC(=O)[C@H](C(C)C)N(C)C(=O)[C@@H](C)[C@@H](C)CC. The van der Waals surface area contributed by atoms with E-state index in [1.54, 1.807) is 11.9 Å². The second-order valence-corrected chi connectivity index (χ2v) is 5.63. The molecule has 0 aromatic carbocycles. The quantitative estimate of drug-likeness (QED) is 0.701. The Labute approximate surface area is 112 Å². The summed E-state index contributed by atoms with van der Waals surface area (Å²) in [5.41, 5.74) is 0. The summed E-state index contributed by atoms with van der Waals surface area (Å²) in [4.78, 5) is 26.0. The Morgan fingerprint density at radius 1 is 1.06 bits per heavy atom. The Morgan fingerprint density at radius 3 is 1.89 bits per heavy atom. The van der Waals surface area contributed by atoms with E-state index in [9.17, 15) is 9.59 Å². The number of ketones is 1. The molecule has 106 valence electrons. The summed E-state index contributed by atoms with van der Waals surface area (Å²) < 4.78 is 0. The number of carbonyl (C=O) groups excluding carboxylic acids is 2. The Hall–Kier alpha value is -0.860. The van der Waals surface area contributed by atoms with Crippen LogP contribution in [0.4, 0.5) is 0 Å². The maximum atomic E-state index is 12.4. The van der Waals surface area contributed by atoms with Crippen molar-refractivity contribution in [3.05, 3.63) is 0 Å². The first-order valence-electron chi connectivity index (χ1n) is 7.07. The molecule has 3 nitrogen and oxygen atoms in total. The van der Waals surface area contributed by atoms with Crippen molar-refractivity contribution in [1.29, 1.82) is 0 Å². The van der Waals surface area contributed by atoms with Gasteiger partial charge in [0.05, 0.1) is 6.04 Å². The Bertz CT molecular complexity index is 286. The van der Waals surface area contributed by atoms with Crippen LogP contribution in [0.2, 0.25) is 0 Å². The van der Waals surface area contributed by atoms with Crippen molar-refractivity contribution in [3.63, 3.8) is 0 Å². The number of hydrogen-bond donors (Lipinski definition) is 0. The van der Waals surface area contributed by atoms with Crippen molar-refractivity contribution < 1.29 is 9.59 Å². The van der Waals surface area contributed by atoms with E-state index in [-0.39, 0.29) is 29.6 Å². The van der Waals surface area contributed by atoms with Crippen molar-refractivity contribution in [3.8, 4) is 0 Å². The molecule has 0 heterocycles. The van der Waals surface area contributed by atoms with Gasteiger partial charge < -0.3 is 4.90 Å². The van der Waals surface area contributed by atoms with Crippen LogP contribution in [-0.2, 0) is 9.59 Å². The summed E-state index contributed by atoms with van der Waals surface area (Å²) in [6.07, 6.45) is 1.47. The van der Waals surface area contributed by atoms with Gasteiger partial charge in [-0.05, 0) is 11.8 Å². The number of amides is 1. The topological polar surface area (TPSA) is 37.4 Å². The van der Waals surface area contributed by atoms with Crippen molar-refractivity contribution in [2.45, 2.75) is 60.4 Å². The van der Waals surface area contributed by atoms with Gasteiger partial charge in [0.1, 0.15) is 0 Å². The molecule has 0 aliphatic carbocycles. The van der Waals surface area contributed by atoms with Crippen molar-refractivity contribution in [2.24, 2.45) is 17.8 Å². The van der Waals surface area contributed by atoms with Crippen molar-refractivity contribution >= 4 is 11.7 Å². The van der Waals surface area contributed by atoms with Gasteiger partial charge in [0, 0.05) is 19.4 Å². The maximum absolute atomic E-state index is 12.4. The molecule has 0 saturated carbocycles. The van der Waals surface area contributed by atoms with Gasteiger partial charge in [-0.1, -0.05) is 48.0 Å². The summed E-state index contributed by atoms with van der Waals surface area (Å²) in [5.74, 6) is 0.730. The third-order valence-corrected chi connectivity index (χ3v) is 3.96. The van der Waals surface area contributed by atoms with Gasteiger partial charge in [0.15, 0.2) is 5.78 Å². The van der Waals surface area contributed by atoms with E-state index in [0.717, 1.165) is 6.42 Å². The minimum atomic E-state index is -0.283. The van der Waals surface area contributed by atoms with Crippen LogP contribution in [0.15, 0.2) is 0 Å². The minimum absolute atomic E-state index is 0.0223. The first kappa shape index (κ1) is 17.1. The third kappa shape index (κ3) is 4.11. The van der Waals surface area contributed by atoms with E-state index in [1.807, 2.05) is 27.7 Å². The molecule has 0 rings (SSSR count). The fourth-order valence-corrected chi connectivity index (χ4v) is 2.30. The van der Waals surface area contributed by atoms with Gasteiger partial charge in [-0.3, -0.25) is 9.59 Å². The minimum Gasteiger partial charge on any atom is -0.335 e. The highest BCUT2D eigenvalue weighted by Gasteiger charge is 2.31. The van der Waals surface area contributed by atoms with E-state index in [1.165, 1.54) is 0 Å². The zero-order chi connectivity index (χ0) is 14.5. The molecule has 0 aromatic heterocycles. The molecule has 0 aliphatic heterocycles. The number of likely N-dealkylation sites (N-methyl/N-ethyl adjacent to an activating group) is 1. The smallest absolute Gasteiger partial charge is 0.226 e. The van der Waals surface area contributed by atoms with Crippen LogP contribution in [0.5, 0.6) is 0 Å². The normalized spacial score (nSPS) is 16.2. The molecule has 0 fully saturated rings. The van der Waals surface area contributed by atoms with Crippen LogP contribution in [0.25, 0.3) is 0 Å². The number of rotatable bonds is 7. The molecule has 18 heavy (non-hydrogen) atoms. The Balaban J connectivity index is 4.93. The van der Waals surface area contributed by atoms with Crippen molar-refractivity contribution in [2.75, 3.05) is 7.05 Å². The highest BCUT2D eigenvalue weighted by atomic mass is 16.2. The fraction of sp³-hybridized carbons (Fsp3) is 0.867. The van der Waals surface area contributed by atoms with Gasteiger partial charge in [-0.2, -0.15) is 0 Å². The van der Waals surface area contributed by atoms with E-state index in [2.05, 4.69) is 13.8 Å². The maximum Gasteiger partial charge on any atom is 0.226 e. The second kappa shape index (κ2) is 7.55. The first-order valence-corrected chi connectivity index (χ1v) is 7.07. The number of nitrogens with zero attached hydrogens (tertiary/aromatic N) is 1. The molecule has 0 spiro atoms. The summed E-state index contributed by atoms with van der Waals surface area (Å²) in [6, 6.07) is -0.283. The Kier molecular flexibility index (Phi) is 7.19. The molecule has 0 aromatic rings. The predicted molar refractivity (Wildman–Crippen MR) is 75.3 cm³/mol. The Morgan fingerprint density at radius 2 is 1.56 bits per heavy atom. The molecule has 3 heteroatoms. The van der Waals surface area contributed by atoms with Gasteiger partial charge in [0.2, 0.25) is 5.91 Å². The average Bonchev–Trinajstić information content (AvgIpc) is 2.35. The van der Waals surface area contributed by atoms with Crippen LogP contribution in [0, 0.1) is 17.8 Å². The van der Waals surface area contributed by atoms with Crippen LogP contribution < -0.4 is 0 Å².